The Balaban J connectivity index is 1.51. The van der Waals surface area contributed by atoms with Crippen LogP contribution < -0.4 is 10.0 Å². The van der Waals surface area contributed by atoms with Gasteiger partial charge in [-0.05, 0) is 43.3 Å². The summed E-state index contributed by atoms with van der Waals surface area (Å²) >= 11 is 0. The van der Waals surface area contributed by atoms with Gasteiger partial charge >= 0.3 is 0 Å². The highest BCUT2D eigenvalue weighted by Gasteiger charge is 2.17. The van der Waals surface area contributed by atoms with Crippen molar-refractivity contribution < 1.29 is 13.5 Å². The molecular weight excluding hydrogens is 402 g/mol. The van der Waals surface area contributed by atoms with Gasteiger partial charge in [-0.25, -0.2) is 23.1 Å². The lowest BCUT2D eigenvalue weighted by atomic mass is 10.0. The molecule has 0 spiro atoms. The van der Waals surface area contributed by atoms with Gasteiger partial charge in [-0.2, -0.15) is 0 Å². The third-order valence-corrected chi connectivity index (χ3v) is 5.93. The minimum absolute atomic E-state index is 0.00807. The van der Waals surface area contributed by atoms with Crippen LogP contribution in [-0.4, -0.2) is 28.5 Å². The van der Waals surface area contributed by atoms with Gasteiger partial charge in [-0.1, -0.05) is 18.2 Å². The number of aromatic hydroxyl groups is 1. The maximum absolute atomic E-state index is 12.5. The lowest BCUT2D eigenvalue weighted by Gasteiger charge is -2.18. The molecule has 3 N–H and O–H groups in total. The number of pyridine rings is 1. The maximum atomic E-state index is 12.5. The van der Waals surface area contributed by atoms with Crippen molar-refractivity contribution >= 4 is 32.6 Å². The van der Waals surface area contributed by atoms with E-state index in [1.54, 1.807) is 24.4 Å². The minimum Gasteiger partial charge on any atom is -0.505 e. The first-order valence-electron chi connectivity index (χ1n) is 9.17. The van der Waals surface area contributed by atoms with Gasteiger partial charge in [0.25, 0.3) is 10.0 Å². The van der Waals surface area contributed by atoms with Crippen molar-refractivity contribution in [3.8, 4) is 5.75 Å². The molecule has 9 heteroatoms. The predicted octanol–water partition coefficient (Wildman–Crippen LogP) is 3.70. The van der Waals surface area contributed by atoms with Gasteiger partial charge in [-0.15, -0.1) is 0 Å². The van der Waals surface area contributed by atoms with Crippen molar-refractivity contribution in [2.75, 3.05) is 10.0 Å². The van der Waals surface area contributed by atoms with E-state index in [9.17, 15) is 13.5 Å². The fourth-order valence-electron chi connectivity index (χ4n) is 3.08. The number of nitrogens with one attached hydrogen (secondary N) is 2. The Hall–Kier alpha value is -3.72. The molecule has 0 aliphatic rings. The van der Waals surface area contributed by atoms with E-state index >= 15 is 0 Å². The highest BCUT2D eigenvalue weighted by atomic mass is 32.2. The zero-order chi connectivity index (χ0) is 21.1. The highest BCUT2D eigenvalue weighted by Crippen LogP contribution is 2.32. The van der Waals surface area contributed by atoms with Gasteiger partial charge in [-0.3, -0.25) is 4.98 Å². The summed E-state index contributed by atoms with van der Waals surface area (Å²) < 4.78 is 27.3. The number of nitrogens with zero attached hydrogens (tertiary/aromatic N) is 3. The third kappa shape index (κ3) is 4.01. The Morgan fingerprint density at radius 2 is 1.60 bits per heavy atom. The number of hydrogen-bond acceptors (Lipinski definition) is 7. The highest BCUT2D eigenvalue weighted by molar-refractivity contribution is 7.92. The van der Waals surface area contributed by atoms with E-state index < -0.39 is 10.0 Å². The molecule has 0 aliphatic heterocycles. The first-order chi connectivity index (χ1) is 14.4. The molecule has 0 bridgehead atoms. The van der Waals surface area contributed by atoms with Crippen LogP contribution in [0.5, 0.6) is 5.75 Å². The van der Waals surface area contributed by atoms with Crippen molar-refractivity contribution in [3.05, 3.63) is 78.8 Å². The van der Waals surface area contributed by atoms with Crippen molar-refractivity contribution in [2.45, 2.75) is 17.9 Å². The van der Waals surface area contributed by atoms with Crippen LogP contribution in [0.3, 0.4) is 0 Å². The van der Waals surface area contributed by atoms with E-state index in [-0.39, 0.29) is 22.6 Å². The molecule has 0 unspecified atom stereocenters. The smallest absolute Gasteiger partial charge is 0.264 e. The summed E-state index contributed by atoms with van der Waals surface area (Å²) in [5.74, 6) is 0.132. The average molecular weight is 421 g/mol. The van der Waals surface area contributed by atoms with Crippen LogP contribution >= 0.6 is 0 Å². The summed E-state index contributed by atoms with van der Waals surface area (Å²) in [6.45, 7) is 1.91. The molecule has 2 aromatic carbocycles. The molecule has 0 aliphatic carbocycles. The standard InChI is InChI=1S/C21H19N5O3S/c1-14(18-10-5-15-4-2-11-22-19(15)20(18)27)25-16-6-8-17(9-7-16)30(28,29)26-21-23-12-3-13-24-21/h2-14,25,27H,1H3,(H,23,24,26)/t14-/m0/s1. The van der Waals surface area contributed by atoms with Crippen LogP contribution in [0.15, 0.2) is 78.1 Å². The van der Waals surface area contributed by atoms with Crippen LogP contribution in [-0.2, 0) is 10.0 Å². The van der Waals surface area contributed by atoms with Gasteiger partial charge in [0.15, 0.2) is 0 Å². The van der Waals surface area contributed by atoms with E-state index in [2.05, 4.69) is 25.0 Å². The average Bonchev–Trinajstić information content (AvgIpc) is 2.75. The molecule has 0 amide bonds. The number of sulfonamides is 1. The van der Waals surface area contributed by atoms with Crippen molar-refractivity contribution in [2.24, 2.45) is 0 Å². The molecule has 2 aromatic heterocycles. The number of phenols is 1. The van der Waals surface area contributed by atoms with E-state index in [1.165, 1.54) is 24.5 Å². The summed E-state index contributed by atoms with van der Waals surface area (Å²) in [6.07, 6.45) is 4.55. The normalized spacial score (nSPS) is 12.4. The molecule has 4 rings (SSSR count). The van der Waals surface area contributed by atoms with Gasteiger partial charge in [0.2, 0.25) is 5.95 Å². The van der Waals surface area contributed by atoms with Crippen molar-refractivity contribution in [1.29, 1.82) is 0 Å². The summed E-state index contributed by atoms with van der Waals surface area (Å²) in [6, 6.07) is 15.1. The lowest BCUT2D eigenvalue weighted by molar-refractivity contribution is 0.470. The molecule has 152 valence electrons. The Morgan fingerprint density at radius 3 is 2.33 bits per heavy atom. The maximum Gasteiger partial charge on any atom is 0.264 e. The number of hydrogen-bond donors (Lipinski definition) is 3. The monoisotopic (exact) mass is 421 g/mol. The second-order valence-corrected chi connectivity index (χ2v) is 8.33. The van der Waals surface area contributed by atoms with Crippen LogP contribution in [0, 0.1) is 0 Å². The number of benzene rings is 2. The topological polar surface area (TPSA) is 117 Å². The minimum atomic E-state index is -3.79. The fraction of sp³-hybridized carbons (Fsp3) is 0.0952. The molecule has 8 nitrogen and oxygen atoms in total. The van der Waals surface area contributed by atoms with Gasteiger partial charge in [0, 0.05) is 35.2 Å². The third-order valence-electron chi connectivity index (χ3n) is 4.58. The molecule has 2 heterocycles. The Labute approximate surface area is 173 Å². The Bertz CT molecular complexity index is 1280. The van der Waals surface area contributed by atoms with Gasteiger partial charge in [0.05, 0.1) is 10.9 Å². The molecule has 4 aromatic rings. The first-order valence-corrected chi connectivity index (χ1v) is 10.7. The Morgan fingerprint density at radius 1 is 0.900 bits per heavy atom. The number of fused-ring (bicyclic) bond motifs is 1. The molecule has 0 saturated carbocycles. The predicted molar refractivity (Wildman–Crippen MR) is 115 cm³/mol. The molecular formula is C21H19N5O3S. The van der Waals surface area contributed by atoms with Crippen LogP contribution in [0.2, 0.25) is 0 Å². The molecule has 0 radical (unpaired) electrons. The zero-order valence-corrected chi connectivity index (χ0v) is 16.8. The zero-order valence-electron chi connectivity index (χ0n) is 16.0. The Kier molecular flexibility index (Phi) is 5.20. The summed E-state index contributed by atoms with van der Waals surface area (Å²) in [5.41, 5.74) is 1.94. The summed E-state index contributed by atoms with van der Waals surface area (Å²) in [5, 5.41) is 14.7. The summed E-state index contributed by atoms with van der Waals surface area (Å²) in [4.78, 5) is 12.1. The number of phenolic OH excluding ortho intramolecular Hbond substituents is 1. The largest absolute Gasteiger partial charge is 0.505 e. The van der Waals surface area contributed by atoms with E-state index in [1.807, 2.05) is 31.2 Å². The second kappa shape index (κ2) is 7.96. The molecule has 30 heavy (non-hydrogen) atoms. The van der Waals surface area contributed by atoms with Crippen molar-refractivity contribution in [3.63, 3.8) is 0 Å². The SMILES string of the molecule is C[C@H](Nc1ccc(S(=O)(=O)Nc2ncccn2)cc1)c1ccc2cccnc2c1O. The first kappa shape index (κ1) is 19.6. The van der Waals surface area contributed by atoms with Crippen LogP contribution in [0.25, 0.3) is 10.9 Å². The van der Waals surface area contributed by atoms with Gasteiger partial charge < -0.3 is 10.4 Å². The fourth-order valence-corrected chi connectivity index (χ4v) is 4.04. The van der Waals surface area contributed by atoms with E-state index in [0.29, 0.717) is 16.8 Å². The van der Waals surface area contributed by atoms with E-state index in [4.69, 9.17) is 0 Å². The number of aromatic nitrogens is 3. The molecule has 0 saturated heterocycles. The number of rotatable bonds is 6. The quantitative estimate of drug-likeness (QED) is 0.434. The second-order valence-electron chi connectivity index (χ2n) is 6.65. The lowest BCUT2D eigenvalue weighted by Crippen LogP contribution is -2.15. The van der Waals surface area contributed by atoms with E-state index in [0.717, 1.165) is 5.39 Å². The van der Waals surface area contributed by atoms with Crippen LogP contribution in [0.1, 0.15) is 18.5 Å². The molecule has 0 fully saturated rings. The van der Waals surface area contributed by atoms with Crippen molar-refractivity contribution in [1.82, 2.24) is 15.0 Å². The summed E-state index contributed by atoms with van der Waals surface area (Å²) in [7, 11) is -3.79. The van der Waals surface area contributed by atoms with Gasteiger partial charge in [0.1, 0.15) is 11.3 Å². The molecule has 1 atom stereocenters. The van der Waals surface area contributed by atoms with Crippen LogP contribution in [0.4, 0.5) is 11.6 Å². The number of anilines is 2.